The maximum atomic E-state index is 7.50. The van der Waals surface area contributed by atoms with Crippen LogP contribution in [0.25, 0.3) is 0 Å². The summed E-state index contributed by atoms with van der Waals surface area (Å²) in [6.07, 6.45) is 11.4. The van der Waals surface area contributed by atoms with Crippen LogP contribution in [-0.2, 0) is 35.5 Å². The number of hydrogen-bond acceptors (Lipinski definition) is 1. The Balaban J connectivity index is -0.000000162. The van der Waals surface area contributed by atoms with Gasteiger partial charge in [-0.1, -0.05) is 12.8 Å². The molecule has 4 nitrogen and oxygen atoms in total. The molecule has 1 aliphatic rings. The summed E-state index contributed by atoms with van der Waals surface area (Å²) in [6, 6.07) is 0. The van der Waals surface area contributed by atoms with E-state index in [0.717, 1.165) is 6.61 Å². The van der Waals surface area contributed by atoms with Crippen LogP contribution in [0.5, 0.6) is 0 Å². The Bertz CT molecular complexity index is 224. The van der Waals surface area contributed by atoms with E-state index in [4.69, 9.17) is 18.4 Å². The predicted octanol–water partition coefficient (Wildman–Crippen LogP) is 2.95. The molecule has 1 saturated carbocycles. The molecule has 0 saturated heterocycles. The molecule has 0 aromatic carbocycles. The second-order valence-electron chi connectivity index (χ2n) is 4.52. The Kier molecular flexibility index (Phi) is 29.8. The summed E-state index contributed by atoms with van der Waals surface area (Å²) in [5, 5.41) is 0. The van der Waals surface area contributed by atoms with Crippen LogP contribution in [0.3, 0.4) is 0 Å². The molecule has 0 spiro atoms. The summed E-state index contributed by atoms with van der Waals surface area (Å²) in [4.78, 5) is 0. The molecule has 6 heteroatoms. The molecule has 1 fully saturated rings. The fourth-order valence-electron chi connectivity index (χ4n) is 1.27. The molecule has 0 aromatic rings. The molecule has 0 aliphatic heterocycles. The van der Waals surface area contributed by atoms with E-state index < -0.39 is 8.32 Å². The van der Waals surface area contributed by atoms with Crippen molar-refractivity contribution in [1.82, 2.24) is 0 Å². The van der Waals surface area contributed by atoms with Gasteiger partial charge in [-0.15, -0.1) is 5.92 Å². The average Bonchev–Trinajstić information content (AvgIpc) is 2.71. The minimum absolute atomic E-state index is 0. The van der Waals surface area contributed by atoms with Crippen molar-refractivity contribution >= 4 is 8.32 Å². The Hall–Kier alpha value is -0.0836. The van der Waals surface area contributed by atoms with Crippen molar-refractivity contribution in [2.75, 3.05) is 6.61 Å². The van der Waals surface area contributed by atoms with E-state index in [0.29, 0.717) is 5.92 Å². The van der Waals surface area contributed by atoms with Gasteiger partial charge in [0.1, 0.15) is 0 Å². The van der Waals surface area contributed by atoms with E-state index in [1.165, 1.54) is 12.8 Å². The van der Waals surface area contributed by atoms with Gasteiger partial charge in [0.2, 0.25) is 0 Å². The first-order valence-corrected chi connectivity index (χ1v) is 9.07. The smallest absolute Gasteiger partial charge is 2.00 e. The first-order valence-electron chi connectivity index (χ1n) is 5.66. The molecule has 0 amide bonds. The molecule has 0 N–H and O–H groups in total. The molecule has 0 aromatic heterocycles. The van der Waals surface area contributed by atoms with Gasteiger partial charge < -0.3 is 10.8 Å². The summed E-state index contributed by atoms with van der Waals surface area (Å²) >= 11 is 0. The van der Waals surface area contributed by atoms with Crippen molar-refractivity contribution in [2.24, 2.45) is 5.92 Å². The van der Waals surface area contributed by atoms with Gasteiger partial charge in [-0.3, -0.25) is 0 Å². The van der Waals surface area contributed by atoms with Gasteiger partial charge in [0.25, 0.3) is 0 Å². The zero-order valence-corrected chi connectivity index (χ0v) is 14.1. The fourth-order valence-corrected chi connectivity index (χ4v) is 1.96. The SMILES string of the molecule is C[Si](C)(C)OCC1[CH][CH][CH]CC[CH-]1.[C-]#[O+].[C-]#[O+].[C-]#[O+].[Fe+2]. The summed E-state index contributed by atoms with van der Waals surface area (Å²) in [6.45, 7) is 21.1. The second kappa shape index (κ2) is 21.2. The second-order valence-corrected chi connectivity index (χ2v) is 9.03. The minimum atomic E-state index is -1.32. The van der Waals surface area contributed by atoms with Crippen molar-refractivity contribution in [3.63, 3.8) is 0 Å². The third-order valence-electron chi connectivity index (χ3n) is 2.01. The van der Waals surface area contributed by atoms with Gasteiger partial charge in [-0.05, 0) is 32.5 Å². The van der Waals surface area contributed by atoms with Crippen LogP contribution >= 0.6 is 0 Å². The molecule has 1 unspecified atom stereocenters. The molecular formula is C14H20FeO4Si+. The van der Waals surface area contributed by atoms with Crippen LogP contribution in [0, 0.1) is 51.6 Å². The third-order valence-corrected chi connectivity index (χ3v) is 3.04. The molecule has 0 bridgehead atoms. The first kappa shape index (κ1) is 28.1. The Morgan fingerprint density at radius 1 is 1.15 bits per heavy atom. The fraction of sp³-hybridized carbons (Fsp3) is 0.500. The van der Waals surface area contributed by atoms with E-state index in [-0.39, 0.29) is 17.1 Å². The van der Waals surface area contributed by atoms with Gasteiger partial charge in [0.05, 0.1) is 0 Å². The maximum absolute atomic E-state index is 7.50. The normalized spacial score (nSPS) is 16.9. The van der Waals surface area contributed by atoms with E-state index in [2.05, 4.69) is 65.3 Å². The third kappa shape index (κ3) is 23.0. The number of rotatable bonds is 3. The van der Waals surface area contributed by atoms with E-state index >= 15 is 0 Å². The van der Waals surface area contributed by atoms with Crippen molar-refractivity contribution in [2.45, 2.75) is 32.5 Å². The molecule has 3 radical (unpaired) electrons. The molecule has 1 aliphatic carbocycles. The molecule has 0 heterocycles. The molecule has 111 valence electrons. The zero-order chi connectivity index (χ0) is 15.7. The molecule has 1 atom stereocenters. The van der Waals surface area contributed by atoms with Gasteiger partial charge in [0, 0.05) is 6.61 Å². The van der Waals surface area contributed by atoms with E-state index in [9.17, 15) is 0 Å². The molecule has 1 rings (SSSR count). The summed E-state index contributed by atoms with van der Waals surface area (Å²) in [7, 11) is -1.32. The number of hydrogen-bond donors (Lipinski definition) is 0. The van der Waals surface area contributed by atoms with E-state index in [1.54, 1.807) is 0 Å². The minimum Gasteiger partial charge on any atom is 2.00 e. The van der Waals surface area contributed by atoms with Crippen LogP contribution in [0.1, 0.15) is 12.8 Å². The summed E-state index contributed by atoms with van der Waals surface area (Å²) in [5.74, 6) is 0.533. The first-order chi connectivity index (χ1) is 9.08. The topological polar surface area (TPSA) is 68.9 Å². The monoisotopic (exact) mass is 336 g/mol. The van der Waals surface area contributed by atoms with Gasteiger partial charge >= 0.3 is 51.0 Å². The van der Waals surface area contributed by atoms with Gasteiger partial charge in [-0.25, -0.2) is 0 Å². The van der Waals surface area contributed by atoms with Crippen molar-refractivity contribution in [3.8, 4) is 0 Å². The van der Waals surface area contributed by atoms with Crippen LogP contribution in [-0.4, -0.2) is 14.9 Å². The Morgan fingerprint density at radius 2 is 1.65 bits per heavy atom. The van der Waals surface area contributed by atoms with Crippen LogP contribution in [0.4, 0.5) is 0 Å². The summed E-state index contributed by atoms with van der Waals surface area (Å²) in [5.41, 5.74) is 0. The Morgan fingerprint density at radius 3 is 2.10 bits per heavy atom. The summed E-state index contributed by atoms with van der Waals surface area (Å²) < 4.78 is 28.4. The predicted molar refractivity (Wildman–Crippen MR) is 71.0 cm³/mol. The standard InChI is InChI=1S/C11H20OSi.3CO.Fe/c1-13(2,3)12-10-11-8-6-4-5-7-9-11;3*1-2;/h4,6,8-9,11H,5,7,10H2,1-3H3;;;;/q-1;;;;+2. The van der Waals surface area contributed by atoms with Crippen LogP contribution in [0.15, 0.2) is 0 Å². The molecule has 20 heavy (non-hydrogen) atoms. The van der Waals surface area contributed by atoms with Crippen molar-refractivity contribution < 1.29 is 35.5 Å². The van der Waals surface area contributed by atoms with E-state index in [1.807, 2.05) is 0 Å². The van der Waals surface area contributed by atoms with Crippen LogP contribution < -0.4 is 0 Å². The zero-order valence-electron chi connectivity index (χ0n) is 12.0. The Labute approximate surface area is 134 Å². The van der Waals surface area contributed by atoms with Crippen molar-refractivity contribution in [1.29, 1.82) is 0 Å². The maximum Gasteiger partial charge on any atom is 2.00 e. The van der Waals surface area contributed by atoms with Crippen molar-refractivity contribution in [3.05, 3.63) is 45.6 Å². The van der Waals surface area contributed by atoms with Crippen LogP contribution in [0.2, 0.25) is 19.6 Å². The van der Waals surface area contributed by atoms with Gasteiger partial charge in [-0.2, -0.15) is 6.42 Å². The quantitative estimate of drug-likeness (QED) is 0.338. The molecular weight excluding hydrogens is 316 g/mol. The average molecular weight is 336 g/mol. The largest absolute Gasteiger partial charge is 2.00 e. The van der Waals surface area contributed by atoms with Gasteiger partial charge in [0.15, 0.2) is 8.32 Å².